The van der Waals surface area contributed by atoms with Gasteiger partial charge in [0.05, 0.1) is 5.02 Å². The number of halogens is 2. The highest BCUT2D eigenvalue weighted by Crippen LogP contribution is 2.44. The lowest BCUT2D eigenvalue weighted by molar-refractivity contribution is 0.0923. The van der Waals surface area contributed by atoms with Crippen LogP contribution in [0.25, 0.3) is 0 Å². The molecule has 1 aromatic rings. The van der Waals surface area contributed by atoms with Gasteiger partial charge < -0.3 is 5.32 Å². The lowest BCUT2D eigenvalue weighted by Crippen LogP contribution is -2.38. The van der Waals surface area contributed by atoms with E-state index in [9.17, 15) is 4.79 Å². The number of nitrogens with one attached hydrogen (secondary N) is 1. The van der Waals surface area contributed by atoms with E-state index in [1.54, 1.807) is 18.2 Å². The molecule has 2 fully saturated rings. The summed E-state index contributed by atoms with van der Waals surface area (Å²) in [5.41, 5.74) is 0.675. The molecule has 0 radical (unpaired) electrons. The van der Waals surface area contributed by atoms with Crippen LogP contribution in [0.3, 0.4) is 0 Å². The van der Waals surface area contributed by atoms with Crippen molar-refractivity contribution < 1.29 is 4.79 Å². The summed E-state index contributed by atoms with van der Waals surface area (Å²) < 4.78 is 0.768. The van der Waals surface area contributed by atoms with Crippen molar-refractivity contribution in [2.75, 3.05) is 0 Å². The third-order valence-corrected chi connectivity index (χ3v) is 5.45. The standard InChI is InChI=1S/C14H15BrClNO/c15-11-7-10(3-4-12(11)16)14(18)17-13-6-8-1-2-9(13)5-8/h3-4,7-9,13H,1-2,5-6H2,(H,17,18). The molecule has 2 saturated carbocycles. The third-order valence-electron chi connectivity index (χ3n) is 4.24. The predicted octanol–water partition coefficient (Wildman–Crippen LogP) is 4.02. The zero-order valence-electron chi connectivity index (χ0n) is 9.96. The average Bonchev–Trinajstić information content (AvgIpc) is 2.94. The van der Waals surface area contributed by atoms with Crippen molar-refractivity contribution in [3.63, 3.8) is 0 Å². The lowest BCUT2D eigenvalue weighted by Gasteiger charge is -2.22. The normalized spacial score (nSPS) is 29.6. The zero-order valence-corrected chi connectivity index (χ0v) is 12.3. The second-order valence-electron chi connectivity index (χ2n) is 5.38. The van der Waals surface area contributed by atoms with Crippen LogP contribution in [-0.2, 0) is 0 Å². The molecule has 1 amide bonds. The van der Waals surface area contributed by atoms with E-state index in [0.29, 0.717) is 22.5 Å². The molecule has 3 atom stereocenters. The average molecular weight is 329 g/mol. The maximum Gasteiger partial charge on any atom is 0.251 e. The van der Waals surface area contributed by atoms with Gasteiger partial charge in [-0.25, -0.2) is 0 Å². The number of fused-ring (bicyclic) bond motifs is 2. The molecule has 2 aliphatic carbocycles. The van der Waals surface area contributed by atoms with E-state index in [1.807, 2.05) is 0 Å². The Balaban J connectivity index is 1.69. The molecular weight excluding hydrogens is 314 g/mol. The van der Waals surface area contributed by atoms with E-state index in [1.165, 1.54) is 19.3 Å². The molecule has 3 rings (SSSR count). The smallest absolute Gasteiger partial charge is 0.251 e. The van der Waals surface area contributed by atoms with Gasteiger partial charge in [0.1, 0.15) is 0 Å². The molecule has 0 aliphatic heterocycles. The van der Waals surface area contributed by atoms with Crippen molar-refractivity contribution >= 4 is 33.4 Å². The minimum absolute atomic E-state index is 0.0184. The molecular formula is C14H15BrClNO. The summed E-state index contributed by atoms with van der Waals surface area (Å²) in [6, 6.07) is 5.69. The first-order valence-corrected chi connectivity index (χ1v) is 7.56. The maximum atomic E-state index is 12.2. The molecule has 3 unspecified atom stereocenters. The fourth-order valence-corrected chi connectivity index (χ4v) is 3.81. The number of carbonyl (C=O) groups excluding carboxylic acids is 1. The van der Waals surface area contributed by atoms with E-state index in [4.69, 9.17) is 11.6 Å². The molecule has 2 bridgehead atoms. The van der Waals surface area contributed by atoms with Gasteiger partial charge in [0, 0.05) is 16.1 Å². The number of amides is 1. The van der Waals surface area contributed by atoms with Crippen LogP contribution in [0.4, 0.5) is 0 Å². The molecule has 0 spiro atoms. The summed E-state index contributed by atoms with van der Waals surface area (Å²) in [6.07, 6.45) is 5.09. The molecule has 1 aromatic carbocycles. The molecule has 96 valence electrons. The highest BCUT2D eigenvalue weighted by atomic mass is 79.9. The number of hydrogen-bond donors (Lipinski definition) is 1. The van der Waals surface area contributed by atoms with E-state index < -0.39 is 0 Å². The Morgan fingerprint density at radius 1 is 1.33 bits per heavy atom. The fourth-order valence-electron chi connectivity index (χ4n) is 3.31. The first kappa shape index (κ1) is 12.5. The Bertz CT molecular complexity index is 491. The van der Waals surface area contributed by atoms with Gasteiger partial charge in [-0.05, 0) is 65.2 Å². The Kier molecular flexibility index (Phi) is 3.37. The van der Waals surface area contributed by atoms with Crippen LogP contribution in [0.5, 0.6) is 0 Å². The Morgan fingerprint density at radius 3 is 2.78 bits per heavy atom. The number of rotatable bonds is 2. The summed E-state index contributed by atoms with van der Waals surface area (Å²) in [5.74, 6) is 1.57. The van der Waals surface area contributed by atoms with Crippen molar-refractivity contribution in [2.24, 2.45) is 11.8 Å². The molecule has 0 saturated heterocycles. The SMILES string of the molecule is O=C(NC1CC2CCC1C2)c1ccc(Cl)c(Br)c1. The van der Waals surface area contributed by atoms with Crippen molar-refractivity contribution in [3.05, 3.63) is 33.3 Å². The molecule has 2 aliphatic rings. The van der Waals surface area contributed by atoms with Gasteiger partial charge in [-0.2, -0.15) is 0 Å². The summed E-state index contributed by atoms with van der Waals surface area (Å²) >= 11 is 9.28. The van der Waals surface area contributed by atoms with Crippen molar-refractivity contribution in [3.8, 4) is 0 Å². The van der Waals surface area contributed by atoms with Crippen molar-refractivity contribution in [1.29, 1.82) is 0 Å². The van der Waals surface area contributed by atoms with Crippen molar-refractivity contribution in [1.82, 2.24) is 5.32 Å². The van der Waals surface area contributed by atoms with Crippen LogP contribution in [0.1, 0.15) is 36.0 Å². The minimum Gasteiger partial charge on any atom is -0.349 e. The maximum absolute atomic E-state index is 12.2. The quantitative estimate of drug-likeness (QED) is 0.873. The molecule has 4 heteroatoms. The van der Waals surface area contributed by atoms with Crippen LogP contribution >= 0.6 is 27.5 Å². The number of hydrogen-bond acceptors (Lipinski definition) is 1. The van der Waals surface area contributed by atoms with Gasteiger partial charge >= 0.3 is 0 Å². The monoisotopic (exact) mass is 327 g/mol. The molecule has 18 heavy (non-hydrogen) atoms. The van der Waals surface area contributed by atoms with E-state index >= 15 is 0 Å². The van der Waals surface area contributed by atoms with Gasteiger partial charge in [0.25, 0.3) is 5.91 Å². The van der Waals surface area contributed by atoms with Crippen LogP contribution in [0.2, 0.25) is 5.02 Å². The zero-order chi connectivity index (χ0) is 12.7. The van der Waals surface area contributed by atoms with Gasteiger partial charge in [-0.3, -0.25) is 4.79 Å². The van der Waals surface area contributed by atoms with E-state index in [2.05, 4.69) is 21.2 Å². The Hall–Kier alpha value is -0.540. The molecule has 2 nitrogen and oxygen atoms in total. The first-order valence-electron chi connectivity index (χ1n) is 6.39. The molecule has 1 N–H and O–H groups in total. The molecule has 0 heterocycles. The lowest BCUT2D eigenvalue weighted by atomic mass is 9.95. The van der Waals surface area contributed by atoms with Gasteiger partial charge in [-0.15, -0.1) is 0 Å². The van der Waals surface area contributed by atoms with Gasteiger partial charge in [0.15, 0.2) is 0 Å². The second-order valence-corrected chi connectivity index (χ2v) is 6.65. The van der Waals surface area contributed by atoms with Crippen molar-refractivity contribution in [2.45, 2.75) is 31.7 Å². The second kappa shape index (κ2) is 4.86. The third kappa shape index (κ3) is 2.30. The number of carbonyl (C=O) groups is 1. The van der Waals surface area contributed by atoms with E-state index in [-0.39, 0.29) is 5.91 Å². The number of benzene rings is 1. The summed E-state index contributed by atoms with van der Waals surface area (Å²) in [4.78, 5) is 12.2. The summed E-state index contributed by atoms with van der Waals surface area (Å²) in [6.45, 7) is 0. The summed E-state index contributed by atoms with van der Waals surface area (Å²) in [5, 5.41) is 3.80. The Morgan fingerprint density at radius 2 is 2.17 bits per heavy atom. The summed E-state index contributed by atoms with van der Waals surface area (Å²) in [7, 11) is 0. The van der Waals surface area contributed by atoms with Crippen LogP contribution in [0.15, 0.2) is 22.7 Å². The molecule has 0 aromatic heterocycles. The fraction of sp³-hybridized carbons (Fsp3) is 0.500. The van der Waals surface area contributed by atoms with Crippen LogP contribution < -0.4 is 5.32 Å². The van der Waals surface area contributed by atoms with Crippen LogP contribution in [0, 0.1) is 11.8 Å². The van der Waals surface area contributed by atoms with Crippen LogP contribution in [-0.4, -0.2) is 11.9 Å². The van der Waals surface area contributed by atoms with Gasteiger partial charge in [-0.1, -0.05) is 18.0 Å². The van der Waals surface area contributed by atoms with E-state index in [0.717, 1.165) is 16.8 Å². The Labute approximate surface area is 120 Å². The largest absolute Gasteiger partial charge is 0.349 e. The first-order chi connectivity index (χ1) is 8.63. The highest BCUT2D eigenvalue weighted by Gasteiger charge is 2.40. The minimum atomic E-state index is 0.0184. The topological polar surface area (TPSA) is 29.1 Å². The predicted molar refractivity (Wildman–Crippen MR) is 75.9 cm³/mol. The highest BCUT2D eigenvalue weighted by molar-refractivity contribution is 9.10. The van der Waals surface area contributed by atoms with Gasteiger partial charge in [0.2, 0.25) is 0 Å².